The Morgan fingerprint density at radius 3 is 2.11 bits per heavy atom. The van der Waals surface area contributed by atoms with Gasteiger partial charge in [-0.25, -0.2) is 0 Å². The second kappa shape index (κ2) is 5.99. The maximum Gasteiger partial charge on any atom is 0.303 e. The molecule has 1 heterocycles. The maximum atomic E-state index is 10.4. The van der Waals surface area contributed by atoms with E-state index in [1.807, 2.05) is 0 Å². The summed E-state index contributed by atoms with van der Waals surface area (Å²) in [7, 11) is 0. The summed E-state index contributed by atoms with van der Waals surface area (Å²) in [4.78, 5) is 10.4. The Morgan fingerprint density at radius 2 is 1.58 bits per heavy atom. The number of unbranched alkanes of at least 4 members (excludes halogenated alkanes) is 2. The lowest BCUT2D eigenvalue weighted by molar-refractivity contribution is -0.137. The molecule has 0 spiro atoms. The number of aromatic nitrogens is 1. The molecule has 0 amide bonds. The fraction of sp³-hybridized carbons (Fsp3) is 0.643. The monoisotopic (exact) mass is 267 g/mol. The molecule has 0 saturated heterocycles. The van der Waals surface area contributed by atoms with Gasteiger partial charge in [-0.2, -0.15) is 0 Å². The van der Waals surface area contributed by atoms with Crippen LogP contribution < -0.4 is 0 Å². The molecule has 1 aromatic heterocycles. The predicted octanol–water partition coefficient (Wildman–Crippen LogP) is 2.42. The zero-order valence-corrected chi connectivity index (χ0v) is 11.1. The molecule has 19 heavy (non-hydrogen) atoms. The van der Waals surface area contributed by atoms with Crippen LogP contribution in [0.5, 0.6) is 11.8 Å². The van der Waals surface area contributed by atoms with Crippen LogP contribution in [0.4, 0.5) is 0 Å². The first-order chi connectivity index (χ1) is 9.11. The second-order valence-corrected chi connectivity index (χ2v) is 5.17. The van der Waals surface area contributed by atoms with Crippen molar-refractivity contribution in [2.45, 2.75) is 57.9 Å². The number of rotatable bonds is 6. The zero-order valence-electron chi connectivity index (χ0n) is 11.1. The standard InChI is InChI=1S/C14H21NO4/c16-12(17)8-2-1-5-9-15-13(18)10-6-3-4-7-11(10)14(15)19/h18-19H,1-9H2,(H,16,17). The van der Waals surface area contributed by atoms with Gasteiger partial charge in [0.05, 0.1) is 0 Å². The highest BCUT2D eigenvalue weighted by atomic mass is 16.4. The van der Waals surface area contributed by atoms with E-state index in [0.717, 1.165) is 49.7 Å². The first-order valence-electron chi connectivity index (χ1n) is 6.95. The smallest absolute Gasteiger partial charge is 0.303 e. The van der Waals surface area contributed by atoms with Crippen LogP contribution in [0.15, 0.2) is 0 Å². The number of aliphatic carboxylic acids is 1. The Kier molecular flexibility index (Phi) is 4.35. The van der Waals surface area contributed by atoms with Gasteiger partial charge in [0.1, 0.15) is 0 Å². The van der Waals surface area contributed by atoms with Gasteiger partial charge in [0.25, 0.3) is 0 Å². The maximum absolute atomic E-state index is 10.4. The minimum Gasteiger partial charge on any atom is -0.494 e. The number of aromatic hydroxyl groups is 2. The summed E-state index contributed by atoms with van der Waals surface area (Å²) in [6.45, 7) is 0.546. The Morgan fingerprint density at radius 1 is 1.00 bits per heavy atom. The minimum absolute atomic E-state index is 0.181. The van der Waals surface area contributed by atoms with E-state index >= 15 is 0 Å². The van der Waals surface area contributed by atoms with Crippen molar-refractivity contribution in [3.63, 3.8) is 0 Å². The molecule has 0 radical (unpaired) electrons. The van der Waals surface area contributed by atoms with Crippen LogP contribution in [0.25, 0.3) is 0 Å². The molecule has 3 N–H and O–H groups in total. The Labute approximate surface area is 112 Å². The van der Waals surface area contributed by atoms with Crippen molar-refractivity contribution < 1.29 is 20.1 Å². The summed E-state index contributed by atoms with van der Waals surface area (Å²) >= 11 is 0. The molecule has 0 aliphatic heterocycles. The van der Waals surface area contributed by atoms with Gasteiger partial charge < -0.3 is 15.3 Å². The number of fused-ring (bicyclic) bond motifs is 1. The summed E-state index contributed by atoms with van der Waals surface area (Å²) in [6.07, 6.45) is 6.15. The molecule has 1 aliphatic carbocycles. The van der Waals surface area contributed by atoms with Crippen molar-refractivity contribution in [1.82, 2.24) is 4.57 Å². The van der Waals surface area contributed by atoms with Crippen molar-refractivity contribution >= 4 is 5.97 Å². The average Bonchev–Trinajstić information content (AvgIpc) is 2.63. The third-order valence-corrected chi connectivity index (χ3v) is 3.79. The molecule has 0 unspecified atom stereocenters. The van der Waals surface area contributed by atoms with E-state index in [0.29, 0.717) is 13.0 Å². The van der Waals surface area contributed by atoms with Gasteiger partial charge >= 0.3 is 5.97 Å². The Hall–Kier alpha value is -1.65. The van der Waals surface area contributed by atoms with Crippen LogP contribution in [-0.4, -0.2) is 25.9 Å². The number of nitrogens with zero attached hydrogens (tertiary/aromatic N) is 1. The Balaban J connectivity index is 1.93. The van der Waals surface area contributed by atoms with Gasteiger partial charge in [-0.15, -0.1) is 0 Å². The van der Waals surface area contributed by atoms with Gasteiger partial charge in [0.15, 0.2) is 11.8 Å². The molecule has 0 bridgehead atoms. The molecule has 0 aromatic carbocycles. The number of carboxylic acids is 1. The molecule has 2 rings (SSSR count). The van der Waals surface area contributed by atoms with E-state index in [9.17, 15) is 15.0 Å². The number of carboxylic acid groups (broad SMARTS) is 1. The second-order valence-electron chi connectivity index (χ2n) is 5.17. The number of hydrogen-bond acceptors (Lipinski definition) is 3. The fourth-order valence-corrected chi connectivity index (χ4v) is 2.76. The lowest BCUT2D eigenvalue weighted by Gasteiger charge is -2.09. The predicted molar refractivity (Wildman–Crippen MR) is 70.5 cm³/mol. The van der Waals surface area contributed by atoms with E-state index in [2.05, 4.69) is 0 Å². The van der Waals surface area contributed by atoms with Gasteiger partial charge in [0, 0.05) is 24.1 Å². The molecule has 0 atom stereocenters. The summed E-state index contributed by atoms with van der Waals surface area (Å²) in [5.74, 6) is -0.377. The molecule has 0 fully saturated rings. The van der Waals surface area contributed by atoms with Gasteiger partial charge in [-0.3, -0.25) is 9.36 Å². The van der Waals surface area contributed by atoms with Crippen LogP contribution in [0, 0.1) is 0 Å². The molecular formula is C14H21NO4. The first kappa shape index (κ1) is 13.8. The normalized spacial score (nSPS) is 14.3. The zero-order chi connectivity index (χ0) is 13.8. The third-order valence-electron chi connectivity index (χ3n) is 3.79. The number of hydrogen-bond donors (Lipinski definition) is 3. The van der Waals surface area contributed by atoms with Crippen molar-refractivity contribution in [1.29, 1.82) is 0 Å². The van der Waals surface area contributed by atoms with Crippen LogP contribution in [0.1, 0.15) is 49.7 Å². The van der Waals surface area contributed by atoms with Crippen molar-refractivity contribution in [2.75, 3.05) is 0 Å². The van der Waals surface area contributed by atoms with Gasteiger partial charge in [0.2, 0.25) is 0 Å². The first-order valence-corrected chi connectivity index (χ1v) is 6.95. The van der Waals surface area contributed by atoms with Crippen LogP contribution >= 0.6 is 0 Å². The Bertz CT molecular complexity index is 435. The SMILES string of the molecule is O=C(O)CCCCCn1c(O)c2c(c1O)CCCC2. The van der Waals surface area contributed by atoms with Crippen molar-refractivity contribution in [3.8, 4) is 11.8 Å². The van der Waals surface area contributed by atoms with E-state index in [-0.39, 0.29) is 18.2 Å². The molecule has 5 heteroatoms. The van der Waals surface area contributed by atoms with Gasteiger partial charge in [-0.05, 0) is 38.5 Å². The van der Waals surface area contributed by atoms with Crippen molar-refractivity contribution in [2.24, 2.45) is 0 Å². The van der Waals surface area contributed by atoms with Gasteiger partial charge in [-0.1, -0.05) is 6.42 Å². The molecule has 106 valence electrons. The van der Waals surface area contributed by atoms with Crippen LogP contribution in [0.3, 0.4) is 0 Å². The minimum atomic E-state index is -0.776. The summed E-state index contributed by atoms with van der Waals surface area (Å²) < 4.78 is 1.57. The average molecular weight is 267 g/mol. The summed E-state index contributed by atoms with van der Waals surface area (Å²) in [5, 5.41) is 28.8. The molecular weight excluding hydrogens is 246 g/mol. The highest BCUT2D eigenvalue weighted by molar-refractivity contribution is 5.66. The van der Waals surface area contributed by atoms with E-state index < -0.39 is 5.97 Å². The number of carbonyl (C=O) groups is 1. The molecule has 0 saturated carbocycles. The highest BCUT2D eigenvalue weighted by Gasteiger charge is 2.23. The quantitative estimate of drug-likeness (QED) is 0.691. The fourth-order valence-electron chi connectivity index (χ4n) is 2.76. The molecule has 1 aliphatic rings. The third kappa shape index (κ3) is 3.03. The summed E-state index contributed by atoms with van der Waals surface area (Å²) in [6, 6.07) is 0. The van der Waals surface area contributed by atoms with E-state index in [4.69, 9.17) is 5.11 Å². The van der Waals surface area contributed by atoms with Crippen molar-refractivity contribution in [3.05, 3.63) is 11.1 Å². The topological polar surface area (TPSA) is 82.7 Å². The summed E-state index contributed by atoms with van der Waals surface area (Å²) in [5.41, 5.74) is 1.79. The highest BCUT2D eigenvalue weighted by Crippen LogP contribution is 2.38. The van der Waals surface area contributed by atoms with E-state index in [1.165, 1.54) is 0 Å². The van der Waals surface area contributed by atoms with E-state index in [1.54, 1.807) is 4.57 Å². The van der Waals surface area contributed by atoms with Crippen LogP contribution in [0.2, 0.25) is 0 Å². The lowest BCUT2D eigenvalue weighted by Crippen LogP contribution is -1.99. The van der Waals surface area contributed by atoms with Crippen LogP contribution in [-0.2, 0) is 24.2 Å². The lowest BCUT2D eigenvalue weighted by atomic mass is 9.95. The largest absolute Gasteiger partial charge is 0.494 e. The molecule has 1 aromatic rings. The molecule has 5 nitrogen and oxygen atoms in total.